The molecule has 1 fully saturated rings. The minimum absolute atomic E-state index is 0.110. The van der Waals surface area contributed by atoms with E-state index in [-0.39, 0.29) is 17.9 Å². The van der Waals surface area contributed by atoms with Gasteiger partial charge in [0.25, 0.3) is 5.91 Å². The zero-order valence-corrected chi connectivity index (χ0v) is 16.9. The number of hydrogen-bond acceptors (Lipinski definition) is 6. The number of hydrogen-bond donors (Lipinski definition) is 1. The third-order valence-electron chi connectivity index (χ3n) is 5.76. The number of allylic oxidation sites excluding steroid dienone is 1. The molecule has 0 radical (unpaired) electrons. The first kappa shape index (κ1) is 19.1. The molecule has 2 atom stereocenters. The summed E-state index contributed by atoms with van der Waals surface area (Å²) in [6, 6.07) is 11.5. The summed E-state index contributed by atoms with van der Waals surface area (Å²) in [4.78, 5) is 37.0. The fourth-order valence-corrected chi connectivity index (χ4v) is 4.25. The monoisotopic (exact) mass is 421 g/mol. The van der Waals surface area contributed by atoms with Crippen molar-refractivity contribution in [2.24, 2.45) is 4.99 Å². The van der Waals surface area contributed by atoms with E-state index in [0.717, 1.165) is 10.6 Å². The molecule has 2 unspecified atom stereocenters. The molecule has 0 spiro atoms. The summed E-state index contributed by atoms with van der Waals surface area (Å²) >= 11 is 0. The molecular formula is C22H20FN5O3. The summed E-state index contributed by atoms with van der Waals surface area (Å²) in [7, 11) is 1.59. The number of aliphatic imine (C=N–C) groups is 1. The molecule has 8 nitrogen and oxygen atoms in total. The van der Waals surface area contributed by atoms with E-state index in [4.69, 9.17) is 0 Å². The Labute approximate surface area is 178 Å². The van der Waals surface area contributed by atoms with Gasteiger partial charge in [-0.05, 0) is 25.1 Å². The number of urea groups is 1. The first-order chi connectivity index (χ1) is 14.9. The smallest absolute Gasteiger partial charge is 0.328 e. The topological polar surface area (TPSA) is 79.7 Å². The molecule has 5 rings (SSSR count). The lowest BCUT2D eigenvalue weighted by atomic mass is 10.1. The highest BCUT2D eigenvalue weighted by Gasteiger charge is 2.54. The zero-order chi connectivity index (χ0) is 21.9. The first-order valence-electron chi connectivity index (χ1n) is 9.82. The summed E-state index contributed by atoms with van der Waals surface area (Å²) in [5.74, 6) is -0.293. The molecule has 3 aliphatic rings. The van der Waals surface area contributed by atoms with Crippen molar-refractivity contribution in [2.45, 2.75) is 25.7 Å². The number of imide groups is 1. The van der Waals surface area contributed by atoms with Gasteiger partial charge in [-0.15, -0.1) is 0 Å². The van der Waals surface area contributed by atoms with Crippen LogP contribution in [0.5, 0.6) is 5.75 Å². The highest BCUT2D eigenvalue weighted by molar-refractivity contribution is 6.09. The molecule has 158 valence electrons. The molecule has 31 heavy (non-hydrogen) atoms. The van der Waals surface area contributed by atoms with Crippen LogP contribution in [0.25, 0.3) is 0 Å². The van der Waals surface area contributed by atoms with Crippen LogP contribution in [0.1, 0.15) is 12.5 Å². The fraction of sp³-hybridized carbons (Fsp3) is 0.227. The molecule has 3 heterocycles. The van der Waals surface area contributed by atoms with Crippen LogP contribution in [0.4, 0.5) is 14.9 Å². The molecule has 3 aliphatic heterocycles. The van der Waals surface area contributed by atoms with Gasteiger partial charge in [0.05, 0.1) is 12.2 Å². The Morgan fingerprint density at radius 1 is 1.13 bits per heavy atom. The SMILES string of the molecule is CC1=CN2C(=NC3C2C(=O)N(Cc2ccccc2F)C(=O)N3C)N1c1cccc(O)c1. The number of carbonyl (C=O) groups is 2. The number of amides is 3. The Kier molecular flexibility index (Phi) is 4.21. The number of phenolic OH excluding ortho intramolecular Hbond substituents is 1. The molecule has 0 aromatic heterocycles. The highest BCUT2D eigenvalue weighted by atomic mass is 19.1. The van der Waals surface area contributed by atoms with Gasteiger partial charge < -0.3 is 14.9 Å². The number of phenols is 1. The van der Waals surface area contributed by atoms with Crippen LogP contribution in [-0.4, -0.2) is 57.0 Å². The molecule has 1 saturated heterocycles. The number of rotatable bonds is 3. The van der Waals surface area contributed by atoms with E-state index in [1.165, 1.54) is 11.0 Å². The van der Waals surface area contributed by atoms with Gasteiger partial charge in [-0.25, -0.2) is 14.2 Å². The van der Waals surface area contributed by atoms with Crippen LogP contribution >= 0.6 is 0 Å². The zero-order valence-electron chi connectivity index (χ0n) is 16.9. The molecule has 2 aromatic carbocycles. The standard InChI is InChI=1S/C22H20FN5O3/c1-13-11-26-18-19(24-21(26)28(13)15-7-5-8-16(29)10-15)25(2)22(31)27(20(18)30)12-14-6-3-4-9-17(14)23/h3-11,18-19,29H,12H2,1-2H3. The summed E-state index contributed by atoms with van der Waals surface area (Å²) in [6.45, 7) is 1.72. The summed E-state index contributed by atoms with van der Waals surface area (Å²) in [5, 5.41) is 9.88. The summed E-state index contributed by atoms with van der Waals surface area (Å²) in [5.41, 5.74) is 1.78. The van der Waals surface area contributed by atoms with Gasteiger partial charge in [0.15, 0.2) is 12.2 Å². The van der Waals surface area contributed by atoms with Gasteiger partial charge in [0, 0.05) is 30.6 Å². The molecule has 9 heteroatoms. The minimum atomic E-state index is -0.748. The Bertz CT molecular complexity index is 1160. The van der Waals surface area contributed by atoms with Gasteiger partial charge in [0.2, 0.25) is 5.96 Å². The lowest BCUT2D eigenvalue weighted by Gasteiger charge is -2.40. The average Bonchev–Trinajstić information content (AvgIpc) is 3.25. The Balaban J connectivity index is 1.49. The maximum absolute atomic E-state index is 14.2. The quantitative estimate of drug-likeness (QED) is 0.824. The average molecular weight is 421 g/mol. The lowest BCUT2D eigenvalue weighted by Crippen LogP contribution is -2.63. The minimum Gasteiger partial charge on any atom is -0.508 e. The number of fused-ring (bicyclic) bond motifs is 3. The fourth-order valence-electron chi connectivity index (χ4n) is 4.25. The number of likely N-dealkylation sites (N-methyl/N-ethyl adjacent to an activating group) is 1. The highest BCUT2D eigenvalue weighted by Crippen LogP contribution is 2.37. The molecular weight excluding hydrogens is 401 g/mol. The Morgan fingerprint density at radius 2 is 1.90 bits per heavy atom. The van der Waals surface area contributed by atoms with Gasteiger partial charge in [0.1, 0.15) is 11.6 Å². The van der Waals surface area contributed by atoms with Crippen molar-refractivity contribution >= 4 is 23.6 Å². The van der Waals surface area contributed by atoms with Crippen molar-refractivity contribution in [3.63, 3.8) is 0 Å². The Morgan fingerprint density at radius 3 is 2.65 bits per heavy atom. The van der Waals surface area contributed by atoms with E-state index in [1.54, 1.807) is 54.5 Å². The summed E-state index contributed by atoms with van der Waals surface area (Å²) < 4.78 is 14.2. The van der Waals surface area contributed by atoms with Crippen molar-refractivity contribution in [3.05, 3.63) is 71.8 Å². The van der Waals surface area contributed by atoms with Crippen molar-refractivity contribution in [1.29, 1.82) is 0 Å². The first-order valence-corrected chi connectivity index (χ1v) is 9.82. The lowest BCUT2D eigenvalue weighted by molar-refractivity contribution is -0.137. The maximum atomic E-state index is 14.2. The largest absolute Gasteiger partial charge is 0.508 e. The van der Waals surface area contributed by atoms with E-state index >= 15 is 0 Å². The van der Waals surface area contributed by atoms with E-state index < -0.39 is 30.0 Å². The van der Waals surface area contributed by atoms with Crippen molar-refractivity contribution < 1.29 is 19.1 Å². The second-order valence-electron chi connectivity index (χ2n) is 7.73. The molecule has 0 bridgehead atoms. The van der Waals surface area contributed by atoms with Gasteiger partial charge >= 0.3 is 6.03 Å². The van der Waals surface area contributed by atoms with Crippen LogP contribution in [0.2, 0.25) is 0 Å². The van der Waals surface area contributed by atoms with Gasteiger partial charge in [-0.3, -0.25) is 14.6 Å². The number of anilines is 1. The van der Waals surface area contributed by atoms with Crippen LogP contribution < -0.4 is 4.90 Å². The van der Waals surface area contributed by atoms with Crippen LogP contribution in [0.3, 0.4) is 0 Å². The van der Waals surface area contributed by atoms with Crippen molar-refractivity contribution in [1.82, 2.24) is 14.7 Å². The third-order valence-corrected chi connectivity index (χ3v) is 5.76. The van der Waals surface area contributed by atoms with E-state index in [2.05, 4.69) is 4.99 Å². The summed E-state index contributed by atoms with van der Waals surface area (Å²) in [6.07, 6.45) is 1.10. The number of halogens is 1. The van der Waals surface area contributed by atoms with E-state index in [9.17, 15) is 19.1 Å². The number of carbonyl (C=O) groups excluding carboxylic acids is 2. The predicted molar refractivity (Wildman–Crippen MR) is 111 cm³/mol. The van der Waals surface area contributed by atoms with Crippen LogP contribution in [-0.2, 0) is 11.3 Å². The van der Waals surface area contributed by atoms with E-state index in [0.29, 0.717) is 11.6 Å². The number of aromatic hydroxyl groups is 1. The van der Waals surface area contributed by atoms with Crippen molar-refractivity contribution in [2.75, 3.05) is 11.9 Å². The number of benzene rings is 2. The molecule has 2 aromatic rings. The third kappa shape index (κ3) is 2.84. The maximum Gasteiger partial charge on any atom is 0.328 e. The molecule has 1 N–H and O–H groups in total. The second kappa shape index (κ2) is 6.83. The van der Waals surface area contributed by atoms with E-state index in [1.807, 2.05) is 17.9 Å². The number of guanidine groups is 1. The normalized spacial score (nSPS) is 22.5. The molecule has 0 aliphatic carbocycles. The number of nitrogens with zero attached hydrogens (tertiary/aromatic N) is 5. The molecule has 0 saturated carbocycles. The molecule has 3 amide bonds. The Hall–Kier alpha value is -3.88. The van der Waals surface area contributed by atoms with Crippen molar-refractivity contribution in [3.8, 4) is 5.75 Å². The predicted octanol–water partition coefficient (Wildman–Crippen LogP) is 2.67. The second-order valence-corrected chi connectivity index (χ2v) is 7.73. The van der Waals surface area contributed by atoms with Crippen LogP contribution in [0.15, 0.2) is 65.4 Å². The van der Waals surface area contributed by atoms with Gasteiger partial charge in [-0.2, -0.15) is 0 Å². The van der Waals surface area contributed by atoms with Gasteiger partial charge in [-0.1, -0.05) is 24.3 Å². The van der Waals surface area contributed by atoms with Crippen LogP contribution in [0, 0.1) is 5.82 Å².